The number of aromatic nitrogens is 1. The maximum Gasteiger partial charge on any atom is 0.257 e. The second-order valence-electron chi connectivity index (χ2n) is 4.21. The van der Waals surface area contributed by atoms with Crippen molar-refractivity contribution in [2.75, 3.05) is 5.32 Å². The number of hydrogen-bond donors (Lipinski definition) is 2. The third kappa shape index (κ3) is 2.39. The number of amides is 1. The van der Waals surface area contributed by atoms with E-state index in [1.54, 1.807) is 6.20 Å². The van der Waals surface area contributed by atoms with E-state index in [0.29, 0.717) is 5.56 Å². The van der Waals surface area contributed by atoms with Crippen molar-refractivity contribution >= 4 is 38.4 Å². The Labute approximate surface area is 118 Å². The maximum absolute atomic E-state index is 12.2. The van der Waals surface area contributed by atoms with E-state index >= 15 is 0 Å². The summed E-state index contributed by atoms with van der Waals surface area (Å²) >= 11 is 3.41. The van der Waals surface area contributed by atoms with Gasteiger partial charge in [-0.15, -0.1) is 0 Å². The first-order valence-electron chi connectivity index (χ1n) is 5.87. The molecule has 1 aromatic heterocycles. The molecule has 0 aliphatic carbocycles. The SMILES string of the molecule is O=C(Nc1ccccc1)c1c[nH]c2cc(Br)ccc12. The van der Waals surface area contributed by atoms with Crippen LogP contribution >= 0.6 is 15.9 Å². The summed E-state index contributed by atoms with van der Waals surface area (Å²) in [5.74, 6) is -0.111. The Hall–Kier alpha value is -2.07. The fourth-order valence-corrected chi connectivity index (χ4v) is 2.37. The summed E-state index contributed by atoms with van der Waals surface area (Å²) in [5, 5.41) is 3.79. The number of anilines is 1. The maximum atomic E-state index is 12.2. The van der Waals surface area contributed by atoms with Crippen molar-refractivity contribution in [1.29, 1.82) is 0 Å². The lowest BCUT2D eigenvalue weighted by Crippen LogP contribution is -2.11. The number of carbonyl (C=O) groups excluding carboxylic acids is 1. The minimum atomic E-state index is -0.111. The molecule has 0 spiro atoms. The zero-order valence-corrected chi connectivity index (χ0v) is 11.6. The topological polar surface area (TPSA) is 44.9 Å². The van der Waals surface area contributed by atoms with Gasteiger partial charge >= 0.3 is 0 Å². The lowest BCUT2D eigenvalue weighted by molar-refractivity contribution is 0.102. The molecule has 0 fully saturated rings. The van der Waals surface area contributed by atoms with Gasteiger partial charge in [0, 0.05) is 27.3 Å². The summed E-state index contributed by atoms with van der Waals surface area (Å²) in [7, 11) is 0. The molecule has 3 aromatic rings. The molecule has 94 valence electrons. The lowest BCUT2D eigenvalue weighted by Gasteiger charge is -2.03. The number of halogens is 1. The molecule has 0 saturated carbocycles. The second-order valence-corrected chi connectivity index (χ2v) is 5.13. The molecule has 0 unspecified atom stereocenters. The number of carbonyl (C=O) groups is 1. The third-order valence-electron chi connectivity index (χ3n) is 2.92. The number of H-pyrrole nitrogens is 1. The van der Waals surface area contributed by atoms with E-state index in [9.17, 15) is 4.79 Å². The van der Waals surface area contributed by atoms with Crippen LogP contribution in [0.3, 0.4) is 0 Å². The average molecular weight is 315 g/mol. The van der Waals surface area contributed by atoms with Gasteiger partial charge in [-0.1, -0.05) is 40.2 Å². The summed E-state index contributed by atoms with van der Waals surface area (Å²) in [6.07, 6.45) is 1.73. The Bertz CT molecular complexity index is 734. The van der Waals surface area contributed by atoms with Gasteiger partial charge in [0.15, 0.2) is 0 Å². The first kappa shape index (κ1) is 12.0. The van der Waals surface area contributed by atoms with Crippen LogP contribution in [0.5, 0.6) is 0 Å². The number of nitrogens with one attached hydrogen (secondary N) is 2. The van der Waals surface area contributed by atoms with E-state index in [-0.39, 0.29) is 5.91 Å². The fraction of sp³-hybridized carbons (Fsp3) is 0. The summed E-state index contributed by atoms with van der Waals surface area (Å²) in [5.41, 5.74) is 2.37. The van der Waals surface area contributed by atoms with Crippen LogP contribution in [0.2, 0.25) is 0 Å². The first-order chi connectivity index (χ1) is 9.24. The monoisotopic (exact) mass is 314 g/mol. The zero-order chi connectivity index (χ0) is 13.2. The Morgan fingerprint density at radius 1 is 1.11 bits per heavy atom. The summed E-state index contributed by atoms with van der Waals surface area (Å²) in [6, 6.07) is 15.2. The standard InChI is InChI=1S/C15H11BrN2O/c16-10-6-7-12-13(9-17-14(12)8-10)15(19)18-11-4-2-1-3-5-11/h1-9,17H,(H,18,19). The molecule has 3 rings (SSSR count). The number of benzene rings is 2. The van der Waals surface area contributed by atoms with Crippen LogP contribution in [0, 0.1) is 0 Å². The lowest BCUT2D eigenvalue weighted by atomic mass is 10.1. The molecule has 0 radical (unpaired) electrons. The van der Waals surface area contributed by atoms with Crippen LogP contribution in [0.1, 0.15) is 10.4 Å². The van der Waals surface area contributed by atoms with Gasteiger partial charge in [-0.25, -0.2) is 0 Å². The molecule has 1 amide bonds. The molecule has 4 heteroatoms. The Morgan fingerprint density at radius 2 is 1.89 bits per heavy atom. The molecule has 0 aliphatic heterocycles. The third-order valence-corrected chi connectivity index (χ3v) is 3.41. The van der Waals surface area contributed by atoms with E-state index in [4.69, 9.17) is 0 Å². The van der Waals surface area contributed by atoms with E-state index in [1.807, 2.05) is 48.5 Å². The van der Waals surface area contributed by atoms with Crippen molar-refractivity contribution in [3.8, 4) is 0 Å². The Kier molecular flexibility index (Phi) is 3.09. The van der Waals surface area contributed by atoms with Crippen molar-refractivity contribution in [3.05, 3.63) is 64.8 Å². The van der Waals surface area contributed by atoms with Crippen molar-refractivity contribution in [1.82, 2.24) is 4.98 Å². The van der Waals surface area contributed by atoms with E-state index < -0.39 is 0 Å². The fourth-order valence-electron chi connectivity index (χ4n) is 2.01. The van der Waals surface area contributed by atoms with E-state index in [2.05, 4.69) is 26.2 Å². The van der Waals surface area contributed by atoms with Crippen LogP contribution in [0.15, 0.2) is 59.2 Å². The predicted molar refractivity (Wildman–Crippen MR) is 80.4 cm³/mol. The van der Waals surface area contributed by atoms with Gasteiger partial charge in [0.2, 0.25) is 0 Å². The summed E-state index contributed by atoms with van der Waals surface area (Å²) < 4.78 is 0.983. The largest absolute Gasteiger partial charge is 0.360 e. The molecule has 3 nitrogen and oxygen atoms in total. The normalized spacial score (nSPS) is 10.6. The Morgan fingerprint density at radius 3 is 2.68 bits per heavy atom. The first-order valence-corrected chi connectivity index (χ1v) is 6.66. The number of para-hydroxylation sites is 1. The molecule has 1 heterocycles. The van der Waals surface area contributed by atoms with E-state index in [1.165, 1.54) is 0 Å². The number of rotatable bonds is 2. The molecule has 19 heavy (non-hydrogen) atoms. The van der Waals surface area contributed by atoms with Crippen LogP contribution in [0.4, 0.5) is 5.69 Å². The highest BCUT2D eigenvalue weighted by molar-refractivity contribution is 9.10. The molecule has 0 atom stereocenters. The Balaban J connectivity index is 1.94. The van der Waals surface area contributed by atoms with Gasteiger partial charge < -0.3 is 10.3 Å². The van der Waals surface area contributed by atoms with Crippen molar-refractivity contribution in [3.63, 3.8) is 0 Å². The molecule has 0 saturated heterocycles. The van der Waals surface area contributed by atoms with Gasteiger partial charge in [0.05, 0.1) is 5.56 Å². The van der Waals surface area contributed by atoms with Crippen molar-refractivity contribution < 1.29 is 4.79 Å². The van der Waals surface area contributed by atoms with Gasteiger partial charge in [-0.05, 0) is 24.3 Å². The molecule has 2 aromatic carbocycles. The van der Waals surface area contributed by atoms with Gasteiger partial charge in [-0.2, -0.15) is 0 Å². The second kappa shape index (κ2) is 4.90. The van der Waals surface area contributed by atoms with Crippen molar-refractivity contribution in [2.45, 2.75) is 0 Å². The minimum Gasteiger partial charge on any atom is -0.360 e. The smallest absolute Gasteiger partial charge is 0.257 e. The highest BCUT2D eigenvalue weighted by atomic mass is 79.9. The number of fused-ring (bicyclic) bond motifs is 1. The highest BCUT2D eigenvalue weighted by Gasteiger charge is 2.12. The predicted octanol–water partition coefficient (Wildman–Crippen LogP) is 4.18. The highest BCUT2D eigenvalue weighted by Crippen LogP contribution is 2.23. The van der Waals surface area contributed by atoms with Crippen LogP contribution in [0.25, 0.3) is 10.9 Å². The molecular formula is C15H11BrN2O. The van der Waals surface area contributed by atoms with Crippen molar-refractivity contribution in [2.24, 2.45) is 0 Å². The zero-order valence-electron chi connectivity index (χ0n) is 9.98. The minimum absolute atomic E-state index is 0.111. The quantitative estimate of drug-likeness (QED) is 0.732. The average Bonchev–Trinajstić information content (AvgIpc) is 2.82. The van der Waals surface area contributed by atoms with Gasteiger partial charge in [-0.3, -0.25) is 4.79 Å². The van der Waals surface area contributed by atoms with Gasteiger partial charge in [0.1, 0.15) is 0 Å². The van der Waals surface area contributed by atoms with E-state index in [0.717, 1.165) is 21.1 Å². The van der Waals surface area contributed by atoms with Crippen LogP contribution < -0.4 is 5.32 Å². The van der Waals surface area contributed by atoms with Gasteiger partial charge in [0.25, 0.3) is 5.91 Å². The summed E-state index contributed by atoms with van der Waals surface area (Å²) in [6.45, 7) is 0. The summed E-state index contributed by atoms with van der Waals surface area (Å²) in [4.78, 5) is 15.3. The molecule has 0 aliphatic rings. The molecule has 0 bridgehead atoms. The molecule has 2 N–H and O–H groups in total. The molecular weight excluding hydrogens is 304 g/mol. The van der Waals surface area contributed by atoms with Crippen LogP contribution in [-0.2, 0) is 0 Å². The number of aromatic amines is 1. The van der Waals surface area contributed by atoms with Crippen LogP contribution in [-0.4, -0.2) is 10.9 Å². The number of hydrogen-bond acceptors (Lipinski definition) is 1.